The Bertz CT molecular complexity index is 410. The summed E-state index contributed by atoms with van der Waals surface area (Å²) >= 11 is 0. The maximum atomic E-state index is 11.4. The van der Waals surface area contributed by atoms with Crippen molar-refractivity contribution in [2.45, 2.75) is 39.2 Å². The van der Waals surface area contributed by atoms with Gasteiger partial charge in [0.1, 0.15) is 5.75 Å². The highest BCUT2D eigenvalue weighted by molar-refractivity contribution is 5.69. The van der Waals surface area contributed by atoms with Crippen LogP contribution in [0.1, 0.15) is 31.4 Å². The Morgan fingerprint density at radius 3 is 3.06 bits per heavy atom. The van der Waals surface area contributed by atoms with Gasteiger partial charge in [0.2, 0.25) is 0 Å². The zero-order chi connectivity index (χ0) is 12.3. The lowest BCUT2D eigenvalue weighted by atomic mass is 10.0. The fourth-order valence-electron chi connectivity index (χ4n) is 1.96. The van der Waals surface area contributed by atoms with E-state index >= 15 is 0 Å². The highest BCUT2D eigenvalue weighted by Crippen LogP contribution is 2.26. The van der Waals surface area contributed by atoms with Gasteiger partial charge in [0.25, 0.3) is 0 Å². The number of aryl methyl sites for hydroxylation is 1. The Kier molecular flexibility index (Phi) is 3.67. The molecule has 1 aliphatic heterocycles. The van der Waals surface area contributed by atoms with Crippen molar-refractivity contribution in [1.82, 2.24) is 0 Å². The first-order valence-electron chi connectivity index (χ1n) is 6.09. The lowest BCUT2D eigenvalue weighted by Gasteiger charge is -2.08. The number of ether oxygens (including phenoxy) is 2. The highest BCUT2D eigenvalue weighted by Gasteiger charge is 2.12. The number of carbonyl (C=O) groups is 1. The molecule has 0 aromatic heterocycles. The van der Waals surface area contributed by atoms with E-state index in [1.54, 1.807) is 0 Å². The zero-order valence-electron chi connectivity index (χ0n) is 10.4. The Labute approximate surface area is 102 Å². The van der Waals surface area contributed by atoms with E-state index in [0.717, 1.165) is 25.2 Å². The molecule has 0 bridgehead atoms. The fraction of sp³-hybridized carbons (Fsp3) is 0.500. The summed E-state index contributed by atoms with van der Waals surface area (Å²) in [7, 11) is 0. The third-order valence-electron chi connectivity index (χ3n) is 2.74. The van der Waals surface area contributed by atoms with Crippen LogP contribution in [0.4, 0.5) is 0 Å². The van der Waals surface area contributed by atoms with Crippen molar-refractivity contribution in [1.29, 1.82) is 0 Å². The van der Waals surface area contributed by atoms with Crippen LogP contribution in [0.15, 0.2) is 18.2 Å². The Hall–Kier alpha value is -1.51. The summed E-state index contributed by atoms with van der Waals surface area (Å²) in [5, 5.41) is 0. The van der Waals surface area contributed by atoms with Crippen LogP contribution in [-0.2, 0) is 22.4 Å². The number of hydrogen-bond donors (Lipinski definition) is 0. The molecule has 0 saturated heterocycles. The first-order chi connectivity index (χ1) is 8.15. The molecule has 3 heteroatoms. The van der Waals surface area contributed by atoms with E-state index in [4.69, 9.17) is 9.47 Å². The molecule has 0 unspecified atom stereocenters. The van der Waals surface area contributed by atoms with E-state index in [0.29, 0.717) is 6.42 Å². The lowest BCUT2D eigenvalue weighted by molar-refractivity contribution is -0.147. The summed E-state index contributed by atoms with van der Waals surface area (Å²) in [6.07, 6.45) is 2.12. The molecular formula is C14H18O3. The minimum atomic E-state index is -0.128. The molecule has 92 valence electrons. The van der Waals surface area contributed by atoms with Gasteiger partial charge in [-0.15, -0.1) is 0 Å². The van der Waals surface area contributed by atoms with Gasteiger partial charge in [0, 0.05) is 12.8 Å². The summed E-state index contributed by atoms with van der Waals surface area (Å²) in [4.78, 5) is 11.4. The van der Waals surface area contributed by atoms with Crippen molar-refractivity contribution in [3.8, 4) is 5.75 Å². The topological polar surface area (TPSA) is 35.5 Å². The SMILES string of the molecule is CC(C)OC(=O)CCc1ccc2c(c1)CCO2. The molecule has 3 nitrogen and oxygen atoms in total. The highest BCUT2D eigenvalue weighted by atomic mass is 16.5. The molecule has 0 saturated carbocycles. The summed E-state index contributed by atoms with van der Waals surface area (Å²) in [5.74, 6) is 0.857. The molecular weight excluding hydrogens is 216 g/mol. The van der Waals surface area contributed by atoms with Crippen molar-refractivity contribution in [3.63, 3.8) is 0 Å². The van der Waals surface area contributed by atoms with Gasteiger partial charge in [-0.25, -0.2) is 0 Å². The minimum Gasteiger partial charge on any atom is -0.493 e. The second kappa shape index (κ2) is 5.21. The molecule has 1 aromatic carbocycles. The van der Waals surface area contributed by atoms with E-state index in [2.05, 4.69) is 6.07 Å². The van der Waals surface area contributed by atoms with Gasteiger partial charge in [0.15, 0.2) is 0 Å². The van der Waals surface area contributed by atoms with Gasteiger partial charge in [-0.2, -0.15) is 0 Å². The molecule has 0 atom stereocenters. The van der Waals surface area contributed by atoms with Crippen LogP contribution in [0, 0.1) is 0 Å². The Morgan fingerprint density at radius 2 is 2.29 bits per heavy atom. The molecule has 0 fully saturated rings. The number of rotatable bonds is 4. The Balaban J connectivity index is 1.89. The number of carbonyl (C=O) groups excluding carboxylic acids is 1. The van der Waals surface area contributed by atoms with Gasteiger partial charge in [-0.3, -0.25) is 4.79 Å². The first kappa shape index (κ1) is 12.0. The average Bonchev–Trinajstić information content (AvgIpc) is 2.72. The van der Waals surface area contributed by atoms with E-state index in [-0.39, 0.29) is 12.1 Å². The van der Waals surface area contributed by atoms with Gasteiger partial charge in [-0.05, 0) is 37.5 Å². The maximum absolute atomic E-state index is 11.4. The second-order valence-corrected chi connectivity index (χ2v) is 4.58. The summed E-state index contributed by atoms with van der Waals surface area (Å²) < 4.78 is 10.5. The monoisotopic (exact) mass is 234 g/mol. The van der Waals surface area contributed by atoms with Crippen LogP contribution in [0.3, 0.4) is 0 Å². The predicted octanol–water partition coefficient (Wildman–Crippen LogP) is 2.51. The molecule has 0 aliphatic carbocycles. The lowest BCUT2D eigenvalue weighted by Crippen LogP contribution is -2.11. The molecule has 1 aliphatic rings. The van der Waals surface area contributed by atoms with E-state index in [1.165, 1.54) is 11.1 Å². The fourth-order valence-corrected chi connectivity index (χ4v) is 1.96. The van der Waals surface area contributed by atoms with Crippen molar-refractivity contribution < 1.29 is 14.3 Å². The Morgan fingerprint density at radius 1 is 1.47 bits per heavy atom. The minimum absolute atomic E-state index is 0.0316. The zero-order valence-corrected chi connectivity index (χ0v) is 10.4. The smallest absolute Gasteiger partial charge is 0.306 e. The normalized spacial score (nSPS) is 13.4. The van der Waals surface area contributed by atoms with Gasteiger partial charge < -0.3 is 9.47 Å². The third kappa shape index (κ3) is 3.22. The van der Waals surface area contributed by atoms with Gasteiger partial charge in [0.05, 0.1) is 12.7 Å². The molecule has 0 spiro atoms. The van der Waals surface area contributed by atoms with E-state index in [9.17, 15) is 4.79 Å². The molecule has 2 rings (SSSR count). The van der Waals surface area contributed by atoms with Gasteiger partial charge in [-0.1, -0.05) is 12.1 Å². The van der Waals surface area contributed by atoms with E-state index in [1.807, 2.05) is 26.0 Å². The van der Waals surface area contributed by atoms with Gasteiger partial charge >= 0.3 is 5.97 Å². The molecule has 0 amide bonds. The standard InChI is InChI=1S/C14H18O3/c1-10(2)17-14(15)6-4-11-3-5-13-12(9-11)7-8-16-13/h3,5,9-10H,4,6-8H2,1-2H3. The molecule has 17 heavy (non-hydrogen) atoms. The van der Waals surface area contributed by atoms with Crippen molar-refractivity contribution in [2.24, 2.45) is 0 Å². The maximum Gasteiger partial charge on any atom is 0.306 e. The second-order valence-electron chi connectivity index (χ2n) is 4.58. The van der Waals surface area contributed by atoms with E-state index < -0.39 is 0 Å². The largest absolute Gasteiger partial charge is 0.493 e. The molecule has 1 heterocycles. The van der Waals surface area contributed by atoms with Crippen molar-refractivity contribution >= 4 is 5.97 Å². The molecule has 1 aromatic rings. The molecule has 0 radical (unpaired) electrons. The van der Waals surface area contributed by atoms with Crippen molar-refractivity contribution in [2.75, 3.05) is 6.61 Å². The number of esters is 1. The quantitative estimate of drug-likeness (QED) is 0.751. The van der Waals surface area contributed by atoms with Crippen LogP contribution in [-0.4, -0.2) is 18.7 Å². The predicted molar refractivity (Wildman–Crippen MR) is 65.2 cm³/mol. The summed E-state index contributed by atoms with van der Waals surface area (Å²) in [5.41, 5.74) is 2.43. The van der Waals surface area contributed by atoms with Crippen LogP contribution in [0.5, 0.6) is 5.75 Å². The summed E-state index contributed by atoms with van der Waals surface area (Å²) in [6, 6.07) is 6.14. The average molecular weight is 234 g/mol. The molecule has 0 N–H and O–H groups in total. The summed E-state index contributed by atoms with van der Waals surface area (Å²) in [6.45, 7) is 4.50. The van der Waals surface area contributed by atoms with Crippen molar-refractivity contribution in [3.05, 3.63) is 29.3 Å². The number of hydrogen-bond acceptors (Lipinski definition) is 3. The number of fused-ring (bicyclic) bond motifs is 1. The third-order valence-corrected chi connectivity index (χ3v) is 2.74. The number of benzene rings is 1. The van der Waals surface area contributed by atoms with Crippen LogP contribution >= 0.6 is 0 Å². The van der Waals surface area contributed by atoms with Crippen LogP contribution in [0.2, 0.25) is 0 Å². The van der Waals surface area contributed by atoms with Crippen LogP contribution < -0.4 is 4.74 Å². The first-order valence-corrected chi connectivity index (χ1v) is 6.09. The van der Waals surface area contributed by atoms with Crippen LogP contribution in [0.25, 0.3) is 0 Å².